The van der Waals surface area contributed by atoms with E-state index in [9.17, 15) is 20.1 Å². The number of hydrogen-bond acceptors (Lipinski definition) is 4. The fourth-order valence-electron chi connectivity index (χ4n) is 2.32. The number of phenolic OH excluding ortho intramolecular Hbond substituents is 2. The molecule has 0 atom stereocenters. The smallest absolute Gasteiger partial charge is 0.339 e. The monoisotopic (exact) mass is 302 g/mol. The highest BCUT2D eigenvalue weighted by Crippen LogP contribution is 2.25. The number of aromatic carboxylic acids is 1. The lowest BCUT2D eigenvalue weighted by atomic mass is 10.0. The molecule has 0 fully saturated rings. The molecule has 0 aliphatic rings. The molecule has 4 N–H and O–H groups in total. The molecule has 0 aromatic heterocycles. The maximum atomic E-state index is 10.8. The van der Waals surface area contributed by atoms with E-state index in [-0.39, 0.29) is 22.8 Å². The van der Waals surface area contributed by atoms with Crippen LogP contribution in [0.25, 0.3) is 0 Å². The van der Waals surface area contributed by atoms with E-state index in [1.54, 1.807) is 12.1 Å². The second kappa shape index (κ2) is 6.85. The molecule has 0 aliphatic carbocycles. The number of rotatable bonds is 6. The minimum Gasteiger partial charge on any atom is -0.508 e. The SMILES string of the molecule is O=C(O)c1ccc(CCCCc2ccc(O)cc2O)cc1O. The van der Waals surface area contributed by atoms with E-state index in [0.717, 1.165) is 24.0 Å². The zero-order valence-electron chi connectivity index (χ0n) is 12.0. The summed E-state index contributed by atoms with van der Waals surface area (Å²) >= 11 is 0. The predicted molar refractivity (Wildman–Crippen MR) is 81.5 cm³/mol. The molecule has 0 heterocycles. The van der Waals surface area contributed by atoms with E-state index in [1.165, 1.54) is 24.3 Å². The van der Waals surface area contributed by atoms with Crippen molar-refractivity contribution in [3.8, 4) is 17.2 Å². The van der Waals surface area contributed by atoms with Crippen LogP contribution >= 0.6 is 0 Å². The second-order valence-corrected chi connectivity index (χ2v) is 5.18. The van der Waals surface area contributed by atoms with Gasteiger partial charge < -0.3 is 20.4 Å². The van der Waals surface area contributed by atoms with Crippen LogP contribution in [-0.4, -0.2) is 26.4 Å². The van der Waals surface area contributed by atoms with Gasteiger partial charge in [-0.25, -0.2) is 4.79 Å². The Balaban J connectivity index is 1.86. The first kappa shape index (κ1) is 15.7. The van der Waals surface area contributed by atoms with Crippen LogP contribution in [0.2, 0.25) is 0 Å². The van der Waals surface area contributed by atoms with Gasteiger partial charge in [-0.05, 0) is 55.0 Å². The molecular weight excluding hydrogens is 284 g/mol. The Morgan fingerprint density at radius 3 is 2.23 bits per heavy atom. The number of carboxylic acids is 1. The van der Waals surface area contributed by atoms with Gasteiger partial charge in [0.2, 0.25) is 0 Å². The van der Waals surface area contributed by atoms with Crippen LogP contribution in [0.3, 0.4) is 0 Å². The van der Waals surface area contributed by atoms with Crippen molar-refractivity contribution in [2.24, 2.45) is 0 Å². The van der Waals surface area contributed by atoms with Crippen LogP contribution in [0.4, 0.5) is 0 Å². The fraction of sp³-hybridized carbons (Fsp3) is 0.235. The molecule has 5 nitrogen and oxygen atoms in total. The first-order valence-electron chi connectivity index (χ1n) is 7.03. The molecular formula is C17H18O5. The Morgan fingerprint density at radius 1 is 0.864 bits per heavy atom. The van der Waals surface area contributed by atoms with Crippen LogP contribution in [0, 0.1) is 0 Å². The number of carbonyl (C=O) groups is 1. The van der Waals surface area contributed by atoms with Crippen LogP contribution < -0.4 is 0 Å². The summed E-state index contributed by atoms with van der Waals surface area (Å²) in [6.45, 7) is 0. The van der Waals surface area contributed by atoms with Gasteiger partial charge in [0.25, 0.3) is 0 Å². The lowest BCUT2D eigenvalue weighted by Crippen LogP contribution is -1.97. The molecule has 0 saturated heterocycles. The summed E-state index contributed by atoms with van der Waals surface area (Å²) in [6.07, 6.45) is 3.07. The van der Waals surface area contributed by atoms with Crippen molar-refractivity contribution in [1.29, 1.82) is 0 Å². The number of benzene rings is 2. The van der Waals surface area contributed by atoms with Crippen LogP contribution in [0.1, 0.15) is 34.3 Å². The van der Waals surface area contributed by atoms with E-state index in [1.807, 2.05) is 0 Å². The molecule has 0 unspecified atom stereocenters. The molecule has 22 heavy (non-hydrogen) atoms. The van der Waals surface area contributed by atoms with E-state index in [4.69, 9.17) is 5.11 Å². The highest BCUT2D eigenvalue weighted by atomic mass is 16.4. The summed E-state index contributed by atoms with van der Waals surface area (Å²) < 4.78 is 0. The standard InChI is InChI=1S/C17H18O5/c18-13-7-6-12(15(19)10-13)4-2-1-3-11-5-8-14(17(21)22)16(20)9-11/h5-10,18-20H,1-4H2,(H,21,22). The molecule has 2 aromatic rings. The maximum Gasteiger partial charge on any atom is 0.339 e. The number of carboxylic acid groups (broad SMARTS) is 1. The van der Waals surface area contributed by atoms with E-state index in [2.05, 4.69) is 0 Å². The molecule has 0 spiro atoms. The molecule has 2 rings (SSSR count). The molecule has 0 radical (unpaired) electrons. The van der Waals surface area contributed by atoms with Crippen molar-refractivity contribution in [3.63, 3.8) is 0 Å². The number of aromatic hydroxyl groups is 3. The van der Waals surface area contributed by atoms with Gasteiger partial charge in [0.05, 0.1) is 0 Å². The van der Waals surface area contributed by atoms with Crippen molar-refractivity contribution < 1.29 is 25.2 Å². The van der Waals surface area contributed by atoms with Crippen molar-refractivity contribution in [2.45, 2.75) is 25.7 Å². The van der Waals surface area contributed by atoms with E-state index >= 15 is 0 Å². The van der Waals surface area contributed by atoms with Crippen LogP contribution in [-0.2, 0) is 12.8 Å². The van der Waals surface area contributed by atoms with Gasteiger partial charge in [-0.1, -0.05) is 12.1 Å². The number of aryl methyl sites for hydroxylation is 2. The molecule has 0 bridgehead atoms. The van der Waals surface area contributed by atoms with Gasteiger partial charge in [0.15, 0.2) is 0 Å². The van der Waals surface area contributed by atoms with E-state index < -0.39 is 5.97 Å². The van der Waals surface area contributed by atoms with Gasteiger partial charge in [-0.2, -0.15) is 0 Å². The maximum absolute atomic E-state index is 10.8. The van der Waals surface area contributed by atoms with Gasteiger partial charge in [-0.3, -0.25) is 0 Å². The first-order chi connectivity index (χ1) is 10.5. The molecule has 0 aliphatic heterocycles. The summed E-state index contributed by atoms with van der Waals surface area (Å²) in [5.74, 6) is -1.24. The third-order valence-electron chi connectivity index (χ3n) is 3.52. The molecule has 0 saturated carbocycles. The minimum absolute atomic E-state index is 0.0373. The Labute approximate surface area is 128 Å². The highest BCUT2D eigenvalue weighted by Gasteiger charge is 2.09. The van der Waals surface area contributed by atoms with Gasteiger partial charge in [0.1, 0.15) is 22.8 Å². The average Bonchev–Trinajstić information content (AvgIpc) is 2.45. The van der Waals surface area contributed by atoms with Gasteiger partial charge in [0, 0.05) is 6.07 Å². The van der Waals surface area contributed by atoms with Crippen molar-refractivity contribution in [1.82, 2.24) is 0 Å². The summed E-state index contributed by atoms with van der Waals surface area (Å²) in [4.78, 5) is 10.8. The quantitative estimate of drug-likeness (QED) is 0.615. The molecule has 0 amide bonds. The van der Waals surface area contributed by atoms with Gasteiger partial charge >= 0.3 is 5.97 Å². The zero-order valence-corrected chi connectivity index (χ0v) is 12.0. The van der Waals surface area contributed by atoms with E-state index in [0.29, 0.717) is 12.8 Å². The van der Waals surface area contributed by atoms with Crippen LogP contribution in [0.5, 0.6) is 17.2 Å². The fourth-order valence-corrected chi connectivity index (χ4v) is 2.32. The largest absolute Gasteiger partial charge is 0.508 e. The van der Waals surface area contributed by atoms with Crippen molar-refractivity contribution in [3.05, 3.63) is 53.1 Å². The zero-order chi connectivity index (χ0) is 16.1. The van der Waals surface area contributed by atoms with Gasteiger partial charge in [-0.15, -0.1) is 0 Å². The number of phenols is 3. The average molecular weight is 302 g/mol. The highest BCUT2D eigenvalue weighted by molar-refractivity contribution is 5.90. The minimum atomic E-state index is -1.15. The lowest BCUT2D eigenvalue weighted by Gasteiger charge is -2.06. The topological polar surface area (TPSA) is 98.0 Å². The van der Waals surface area contributed by atoms with Crippen molar-refractivity contribution in [2.75, 3.05) is 0 Å². The molecule has 5 heteroatoms. The molecule has 2 aromatic carbocycles. The summed E-state index contributed by atoms with van der Waals surface area (Å²) in [5, 5.41) is 37.4. The van der Waals surface area contributed by atoms with Crippen LogP contribution in [0.15, 0.2) is 36.4 Å². The summed E-state index contributed by atoms with van der Waals surface area (Å²) in [5.41, 5.74) is 1.55. The lowest BCUT2D eigenvalue weighted by molar-refractivity contribution is 0.0693. The summed E-state index contributed by atoms with van der Waals surface area (Å²) in [6, 6.07) is 9.12. The third kappa shape index (κ3) is 3.91. The Morgan fingerprint density at radius 2 is 1.59 bits per heavy atom. The summed E-state index contributed by atoms with van der Waals surface area (Å²) in [7, 11) is 0. The number of hydrogen-bond donors (Lipinski definition) is 4. The predicted octanol–water partition coefficient (Wildman–Crippen LogP) is 3.07. The normalized spacial score (nSPS) is 10.5. The second-order valence-electron chi connectivity index (χ2n) is 5.18. The Kier molecular flexibility index (Phi) is 4.88. The third-order valence-corrected chi connectivity index (χ3v) is 3.52. The Hall–Kier alpha value is -2.69. The molecule has 116 valence electrons. The first-order valence-corrected chi connectivity index (χ1v) is 7.03. The van der Waals surface area contributed by atoms with Crippen molar-refractivity contribution >= 4 is 5.97 Å². The number of unbranched alkanes of at least 4 members (excludes halogenated alkanes) is 1. The Bertz CT molecular complexity index is 679.